The van der Waals surface area contributed by atoms with Crippen molar-refractivity contribution in [2.24, 2.45) is 5.92 Å². The second-order valence-corrected chi connectivity index (χ2v) is 9.00. The van der Waals surface area contributed by atoms with Gasteiger partial charge in [-0.2, -0.15) is 9.40 Å². The lowest BCUT2D eigenvalue weighted by atomic mass is 10.1. The maximum absolute atomic E-state index is 13.6. The number of hydrogen-bond donors (Lipinski definition) is 0. The molecule has 2 fully saturated rings. The van der Waals surface area contributed by atoms with E-state index in [2.05, 4.69) is 10.00 Å². The topological polar surface area (TPSA) is 76.9 Å². The molecule has 3 heterocycles. The van der Waals surface area contributed by atoms with Gasteiger partial charge in [0.2, 0.25) is 10.0 Å². The highest BCUT2D eigenvalue weighted by molar-refractivity contribution is 7.89. The van der Waals surface area contributed by atoms with E-state index in [0.29, 0.717) is 37.7 Å². The minimum absolute atomic E-state index is 0.151. The van der Waals surface area contributed by atoms with Gasteiger partial charge in [-0.25, -0.2) is 13.1 Å². The van der Waals surface area contributed by atoms with Crippen LogP contribution in [0.5, 0.6) is 5.75 Å². The third-order valence-electron chi connectivity index (χ3n) is 5.10. The number of sulfonamides is 1. The van der Waals surface area contributed by atoms with Crippen LogP contribution in [0.2, 0.25) is 0 Å². The highest BCUT2D eigenvalue weighted by Crippen LogP contribution is 2.32. The molecular weight excluding hydrogens is 368 g/mol. The molecule has 0 unspecified atom stereocenters. The first-order chi connectivity index (χ1) is 13.0. The average molecular weight is 392 g/mol. The van der Waals surface area contributed by atoms with E-state index in [1.54, 1.807) is 45.6 Å². The van der Waals surface area contributed by atoms with E-state index in [0.717, 1.165) is 6.54 Å². The average Bonchev–Trinajstić information content (AvgIpc) is 3.04. The maximum atomic E-state index is 13.6. The van der Waals surface area contributed by atoms with Crippen LogP contribution < -0.4 is 4.74 Å². The van der Waals surface area contributed by atoms with Crippen molar-refractivity contribution < 1.29 is 17.9 Å². The first-order valence-electron chi connectivity index (χ1n) is 8.95. The number of aromatic nitrogens is 2. The summed E-state index contributed by atoms with van der Waals surface area (Å²) in [6.45, 7) is 2.91. The number of benzene rings is 1. The lowest BCUT2D eigenvalue weighted by molar-refractivity contribution is 0.0659. The zero-order valence-electron chi connectivity index (χ0n) is 15.5. The Kier molecular flexibility index (Phi) is 4.94. The zero-order valence-corrected chi connectivity index (χ0v) is 16.3. The van der Waals surface area contributed by atoms with Crippen molar-refractivity contribution in [2.45, 2.75) is 10.9 Å². The fourth-order valence-corrected chi connectivity index (χ4v) is 5.75. The highest BCUT2D eigenvalue weighted by atomic mass is 32.2. The van der Waals surface area contributed by atoms with E-state index in [-0.39, 0.29) is 16.9 Å². The van der Waals surface area contributed by atoms with Crippen molar-refractivity contribution in [3.8, 4) is 11.4 Å². The molecule has 2 aromatic rings. The molecule has 4 rings (SSSR count). The van der Waals surface area contributed by atoms with Crippen LogP contribution in [-0.2, 0) is 14.8 Å². The molecule has 0 spiro atoms. The lowest BCUT2D eigenvalue weighted by Crippen LogP contribution is -2.45. The Balaban J connectivity index is 1.78. The van der Waals surface area contributed by atoms with Gasteiger partial charge in [0, 0.05) is 37.9 Å². The minimum Gasteiger partial charge on any atom is -0.495 e. The largest absolute Gasteiger partial charge is 0.495 e. The summed E-state index contributed by atoms with van der Waals surface area (Å²) in [6.07, 6.45) is 3.43. The van der Waals surface area contributed by atoms with E-state index in [1.807, 2.05) is 7.05 Å². The smallest absolute Gasteiger partial charge is 0.247 e. The zero-order chi connectivity index (χ0) is 19.0. The van der Waals surface area contributed by atoms with Crippen molar-refractivity contribution in [1.29, 1.82) is 0 Å². The predicted molar refractivity (Wildman–Crippen MR) is 99.6 cm³/mol. The van der Waals surface area contributed by atoms with Crippen LogP contribution in [0.25, 0.3) is 5.69 Å². The Labute approximate surface area is 159 Å². The van der Waals surface area contributed by atoms with Crippen LogP contribution in [0, 0.1) is 5.92 Å². The summed E-state index contributed by atoms with van der Waals surface area (Å²) >= 11 is 0. The van der Waals surface area contributed by atoms with Crippen molar-refractivity contribution in [2.75, 3.05) is 47.0 Å². The molecule has 2 atom stereocenters. The molecule has 0 radical (unpaired) electrons. The van der Waals surface area contributed by atoms with Crippen molar-refractivity contribution in [3.05, 3.63) is 36.7 Å². The quantitative estimate of drug-likeness (QED) is 0.767. The van der Waals surface area contributed by atoms with Gasteiger partial charge in [-0.3, -0.25) is 0 Å². The number of likely N-dealkylation sites (N-methyl/N-ethyl adjacent to an activating group) is 1. The fourth-order valence-electron chi connectivity index (χ4n) is 3.89. The summed E-state index contributed by atoms with van der Waals surface area (Å²) in [5, 5.41) is 4.20. The van der Waals surface area contributed by atoms with Gasteiger partial charge < -0.3 is 14.4 Å². The third kappa shape index (κ3) is 3.47. The van der Waals surface area contributed by atoms with E-state index in [9.17, 15) is 8.42 Å². The number of nitrogens with zero attached hydrogens (tertiary/aromatic N) is 4. The molecule has 146 valence electrons. The van der Waals surface area contributed by atoms with Crippen LogP contribution in [0.15, 0.2) is 41.6 Å². The second-order valence-electron chi connectivity index (χ2n) is 7.14. The molecule has 2 aliphatic rings. The lowest BCUT2D eigenvalue weighted by Gasteiger charge is -2.29. The number of hydrogen-bond acceptors (Lipinski definition) is 6. The van der Waals surface area contributed by atoms with Gasteiger partial charge >= 0.3 is 0 Å². The van der Waals surface area contributed by atoms with Gasteiger partial charge in [-0.05, 0) is 31.3 Å². The first-order valence-corrected chi connectivity index (χ1v) is 10.4. The second kappa shape index (κ2) is 7.23. The monoisotopic (exact) mass is 392 g/mol. The van der Waals surface area contributed by atoms with Gasteiger partial charge in [0.1, 0.15) is 10.6 Å². The Bertz CT molecular complexity index is 900. The van der Waals surface area contributed by atoms with Crippen LogP contribution in [0.3, 0.4) is 0 Å². The van der Waals surface area contributed by atoms with Gasteiger partial charge in [-0.15, -0.1) is 0 Å². The normalized spacial score (nSPS) is 24.5. The molecule has 1 aromatic heterocycles. The molecule has 0 aliphatic carbocycles. The molecule has 1 aromatic carbocycles. The standard InChI is InChI=1S/C18H24N4O4S/c1-20-9-14-10-22(16(11-20)13-26-12-14)27(23,24)18-8-15(4-5-17(18)25-2)21-7-3-6-19-21/h3-8,14,16H,9-13H2,1-2H3/t14-,16-/m0/s1. The summed E-state index contributed by atoms with van der Waals surface area (Å²) in [6, 6.07) is 6.67. The molecule has 0 N–H and O–H groups in total. The first kappa shape index (κ1) is 18.4. The van der Waals surface area contributed by atoms with Crippen molar-refractivity contribution >= 4 is 10.0 Å². The van der Waals surface area contributed by atoms with Gasteiger partial charge in [0.05, 0.1) is 32.1 Å². The summed E-state index contributed by atoms with van der Waals surface area (Å²) < 4.78 is 41.6. The van der Waals surface area contributed by atoms with Crippen molar-refractivity contribution in [3.63, 3.8) is 0 Å². The molecule has 2 saturated heterocycles. The molecule has 8 nitrogen and oxygen atoms in total. The number of rotatable bonds is 4. The number of methoxy groups -OCH3 is 1. The maximum Gasteiger partial charge on any atom is 0.247 e. The Hall–Kier alpha value is -1.94. The molecule has 2 aliphatic heterocycles. The van der Waals surface area contributed by atoms with E-state index < -0.39 is 10.0 Å². The Morgan fingerprint density at radius 1 is 1.22 bits per heavy atom. The van der Waals surface area contributed by atoms with E-state index in [1.165, 1.54) is 7.11 Å². The van der Waals surface area contributed by atoms with E-state index in [4.69, 9.17) is 9.47 Å². The van der Waals surface area contributed by atoms with Crippen LogP contribution >= 0.6 is 0 Å². The number of ether oxygens (including phenoxy) is 2. The molecule has 2 bridgehead atoms. The van der Waals surface area contributed by atoms with Crippen molar-refractivity contribution in [1.82, 2.24) is 19.0 Å². The summed E-state index contributed by atoms with van der Waals surface area (Å²) in [5.74, 6) is 0.483. The van der Waals surface area contributed by atoms with Crippen LogP contribution in [0.1, 0.15) is 0 Å². The molecule has 0 amide bonds. The highest BCUT2D eigenvalue weighted by Gasteiger charge is 2.40. The summed E-state index contributed by atoms with van der Waals surface area (Å²) in [4.78, 5) is 2.35. The summed E-state index contributed by atoms with van der Waals surface area (Å²) in [7, 11) is -0.245. The molecule has 27 heavy (non-hydrogen) atoms. The Morgan fingerprint density at radius 2 is 2.07 bits per heavy atom. The van der Waals surface area contributed by atoms with Gasteiger partial charge in [0.15, 0.2) is 0 Å². The SMILES string of the molecule is COc1ccc(-n2cccn2)cc1S(=O)(=O)N1C[C@H]2COC[C@@H]1CN(C)C2. The van der Waals surface area contributed by atoms with E-state index >= 15 is 0 Å². The van der Waals surface area contributed by atoms with Gasteiger partial charge in [0.25, 0.3) is 0 Å². The number of fused-ring (bicyclic) bond motifs is 3. The van der Waals surface area contributed by atoms with Crippen LogP contribution in [-0.4, -0.2) is 80.5 Å². The fraction of sp³-hybridized carbons (Fsp3) is 0.500. The van der Waals surface area contributed by atoms with Crippen LogP contribution in [0.4, 0.5) is 0 Å². The third-order valence-corrected chi connectivity index (χ3v) is 7.04. The molecular formula is C18H24N4O4S. The Morgan fingerprint density at radius 3 is 2.81 bits per heavy atom. The molecule has 0 saturated carbocycles. The molecule has 9 heteroatoms. The minimum atomic E-state index is -3.76. The van der Waals surface area contributed by atoms with Gasteiger partial charge in [-0.1, -0.05) is 0 Å². The predicted octanol–water partition coefficient (Wildman–Crippen LogP) is 0.832. The summed E-state index contributed by atoms with van der Waals surface area (Å²) in [5.41, 5.74) is 0.672.